The van der Waals surface area contributed by atoms with Crippen molar-refractivity contribution in [1.82, 2.24) is 4.90 Å². The quantitative estimate of drug-likeness (QED) is 0.524. The molecule has 0 aliphatic heterocycles. The Morgan fingerprint density at radius 3 is 1.73 bits per heavy atom. The fraction of sp³-hybridized carbons (Fsp3) is 1.00. The van der Waals surface area contributed by atoms with Gasteiger partial charge >= 0.3 is 0 Å². The van der Waals surface area contributed by atoms with Gasteiger partial charge in [-0.05, 0) is 25.7 Å². The largest absolute Gasteiger partial charge is 0.296 e. The zero-order valence-corrected chi connectivity index (χ0v) is 10.5. The lowest BCUT2D eigenvalue weighted by Gasteiger charge is -2.42. The van der Waals surface area contributed by atoms with Crippen LogP contribution < -0.4 is 0 Å². The standard InChI is InChI=1S/C13H24ClN/c14-10-11-15(13-8-5-9-13)12-6-3-1-2-4-7-12/h12-13H,1-11H2. The third-order valence-electron chi connectivity index (χ3n) is 4.18. The lowest BCUT2D eigenvalue weighted by Crippen LogP contribution is -2.47. The molecule has 0 bridgehead atoms. The molecule has 0 atom stereocenters. The van der Waals surface area contributed by atoms with Gasteiger partial charge in [0.15, 0.2) is 0 Å². The van der Waals surface area contributed by atoms with Crippen LogP contribution >= 0.6 is 11.6 Å². The molecular formula is C13H24ClN. The molecule has 2 heteroatoms. The van der Waals surface area contributed by atoms with E-state index >= 15 is 0 Å². The Kier molecular flexibility index (Phi) is 4.77. The van der Waals surface area contributed by atoms with Gasteiger partial charge in [0.2, 0.25) is 0 Å². The van der Waals surface area contributed by atoms with Crippen LogP contribution in [0.5, 0.6) is 0 Å². The monoisotopic (exact) mass is 229 g/mol. The number of hydrogen-bond donors (Lipinski definition) is 0. The van der Waals surface area contributed by atoms with Crippen LogP contribution in [0.1, 0.15) is 57.8 Å². The molecule has 2 rings (SSSR count). The fourth-order valence-corrected chi connectivity index (χ4v) is 3.26. The predicted octanol–water partition coefficient (Wildman–Crippen LogP) is 3.80. The molecule has 2 aliphatic rings. The van der Waals surface area contributed by atoms with Gasteiger partial charge in [0, 0.05) is 24.5 Å². The number of halogens is 1. The van der Waals surface area contributed by atoms with Gasteiger partial charge in [-0.25, -0.2) is 0 Å². The third kappa shape index (κ3) is 3.10. The molecular weight excluding hydrogens is 206 g/mol. The Morgan fingerprint density at radius 2 is 1.33 bits per heavy atom. The van der Waals surface area contributed by atoms with E-state index in [4.69, 9.17) is 11.6 Å². The molecule has 0 N–H and O–H groups in total. The van der Waals surface area contributed by atoms with Crippen LogP contribution in [0.25, 0.3) is 0 Å². The van der Waals surface area contributed by atoms with Crippen molar-refractivity contribution in [3.8, 4) is 0 Å². The Labute approximate surface area is 99.2 Å². The first-order valence-electron chi connectivity index (χ1n) is 6.73. The van der Waals surface area contributed by atoms with Crippen molar-refractivity contribution in [2.24, 2.45) is 0 Å². The summed E-state index contributed by atoms with van der Waals surface area (Å²) in [6.45, 7) is 1.12. The zero-order chi connectivity index (χ0) is 10.5. The van der Waals surface area contributed by atoms with Gasteiger partial charge in [0.05, 0.1) is 0 Å². The molecule has 88 valence electrons. The van der Waals surface area contributed by atoms with E-state index < -0.39 is 0 Å². The van der Waals surface area contributed by atoms with Gasteiger partial charge in [-0.1, -0.05) is 32.1 Å². The van der Waals surface area contributed by atoms with E-state index in [9.17, 15) is 0 Å². The summed E-state index contributed by atoms with van der Waals surface area (Å²) in [4.78, 5) is 2.74. The molecule has 0 aromatic rings. The summed E-state index contributed by atoms with van der Waals surface area (Å²) in [5.41, 5.74) is 0. The van der Waals surface area contributed by atoms with E-state index in [2.05, 4.69) is 4.90 Å². The van der Waals surface area contributed by atoms with Crippen LogP contribution in [-0.2, 0) is 0 Å². The van der Waals surface area contributed by atoms with E-state index in [1.54, 1.807) is 0 Å². The SMILES string of the molecule is ClCCN(C1CCCCCC1)C1CCC1. The summed E-state index contributed by atoms with van der Waals surface area (Å²) in [6, 6.07) is 1.74. The van der Waals surface area contributed by atoms with Crippen molar-refractivity contribution < 1.29 is 0 Å². The molecule has 15 heavy (non-hydrogen) atoms. The van der Waals surface area contributed by atoms with Crippen LogP contribution in [0.15, 0.2) is 0 Å². The minimum absolute atomic E-state index is 0.812. The molecule has 2 aliphatic carbocycles. The highest BCUT2D eigenvalue weighted by atomic mass is 35.5. The van der Waals surface area contributed by atoms with Gasteiger partial charge in [0.1, 0.15) is 0 Å². The van der Waals surface area contributed by atoms with Crippen LogP contribution in [0, 0.1) is 0 Å². The Bertz CT molecular complexity index is 171. The molecule has 0 radical (unpaired) electrons. The van der Waals surface area contributed by atoms with Crippen molar-refractivity contribution in [3.63, 3.8) is 0 Å². The minimum atomic E-state index is 0.812. The summed E-state index contributed by atoms with van der Waals surface area (Å²) >= 11 is 5.94. The second-order valence-corrected chi connectivity index (χ2v) is 5.53. The molecule has 0 saturated heterocycles. The number of alkyl halides is 1. The average Bonchev–Trinajstić information content (AvgIpc) is 2.42. The highest BCUT2D eigenvalue weighted by Gasteiger charge is 2.30. The summed E-state index contributed by atoms with van der Waals surface area (Å²) in [5.74, 6) is 0.812. The van der Waals surface area contributed by atoms with E-state index in [0.29, 0.717) is 0 Å². The van der Waals surface area contributed by atoms with Crippen molar-refractivity contribution >= 4 is 11.6 Å². The van der Waals surface area contributed by atoms with E-state index in [1.165, 1.54) is 57.8 Å². The zero-order valence-electron chi connectivity index (χ0n) is 9.76. The van der Waals surface area contributed by atoms with E-state index in [0.717, 1.165) is 24.5 Å². The molecule has 0 aromatic heterocycles. The minimum Gasteiger partial charge on any atom is -0.296 e. The molecule has 2 fully saturated rings. The first-order chi connectivity index (χ1) is 7.42. The van der Waals surface area contributed by atoms with Crippen molar-refractivity contribution in [3.05, 3.63) is 0 Å². The first-order valence-corrected chi connectivity index (χ1v) is 7.27. The van der Waals surface area contributed by atoms with Gasteiger partial charge in [-0.2, -0.15) is 0 Å². The lowest BCUT2D eigenvalue weighted by molar-refractivity contribution is 0.0778. The predicted molar refractivity (Wildman–Crippen MR) is 66.6 cm³/mol. The molecule has 0 aromatic carbocycles. The highest BCUT2D eigenvalue weighted by molar-refractivity contribution is 6.18. The molecule has 0 spiro atoms. The summed E-state index contributed by atoms with van der Waals surface area (Å²) in [5, 5.41) is 0. The summed E-state index contributed by atoms with van der Waals surface area (Å²) in [7, 11) is 0. The maximum atomic E-state index is 5.94. The summed E-state index contributed by atoms with van der Waals surface area (Å²) in [6.07, 6.45) is 12.9. The van der Waals surface area contributed by atoms with E-state index in [1.807, 2.05) is 0 Å². The maximum Gasteiger partial charge on any atom is 0.0351 e. The number of nitrogens with zero attached hydrogens (tertiary/aromatic N) is 1. The van der Waals surface area contributed by atoms with Crippen LogP contribution in [0.2, 0.25) is 0 Å². The molecule has 0 heterocycles. The van der Waals surface area contributed by atoms with Gasteiger partial charge in [0.25, 0.3) is 0 Å². The lowest BCUT2D eigenvalue weighted by atomic mass is 9.89. The van der Waals surface area contributed by atoms with Crippen LogP contribution in [0.3, 0.4) is 0 Å². The van der Waals surface area contributed by atoms with E-state index in [-0.39, 0.29) is 0 Å². The summed E-state index contributed by atoms with van der Waals surface area (Å²) < 4.78 is 0. The topological polar surface area (TPSA) is 3.24 Å². The Hall–Kier alpha value is 0.250. The van der Waals surface area contributed by atoms with Gasteiger partial charge < -0.3 is 0 Å². The molecule has 0 amide bonds. The van der Waals surface area contributed by atoms with Crippen LogP contribution in [0.4, 0.5) is 0 Å². The Morgan fingerprint density at radius 1 is 0.800 bits per heavy atom. The van der Waals surface area contributed by atoms with Gasteiger partial charge in [-0.3, -0.25) is 4.90 Å². The molecule has 2 saturated carbocycles. The Balaban J connectivity index is 1.88. The molecule has 0 unspecified atom stereocenters. The fourth-order valence-electron chi connectivity index (χ4n) is 3.07. The normalized spacial score (nSPS) is 25.2. The van der Waals surface area contributed by atoms with Gasteiger partial charge in [-0.15, -0.1) is 11.6 Å². The third-order valence-corrected chi connectivity index (χ3v) is 4.35. The van der Waals surface area contributed by atoms with Crippen molar-refractivity contribution in [2.75, 3.05) is 12.4 Å². The number of hydrogen-bond acceptors (Lipinski definition) is 1. The van der Waals surface area contributed by atoms with Crippen molar-refractivity contribution in [1.29, 1.82) is 0 Å². The van der Waals surface area contributed by atoms with Crippen molar-refractivity contribution in [2.45, 2.75) is 69.9 Å². The van der Waals surface area contributed by atoms with Crippen LogP contribution in [-0.4, -0.2) is 29.4 Å². The highest BCUT2D eigenvalue weighted by Crippen LogP contribution is 2.31. The first kappa shape index (κ1) is 11.7. The smallest absolute Gasteiger partial charge is 0.0351 e. The second-order valence-electron chi connectivity index (χ2n) is 5.16. The average molecular weight is 230 g/mol. The molecule has 1 nitrogen and oxygen atoms in total. The number of rotatable bonds is 4. The second kappa shape index (κ2) is 6.10. The maximum absolute atomic E-state index is 5.94.